The fourth-order valence-electron chi connectivity index (χ4n) is 9.36. The number of fused-ring (bicyclic) bond motifs is 4. The van der Waals surface area contributed by atoms with Gasteiger partial charge in [-0.05, 0) is 162 Å². The Hall–Kier alpha value is -4.22. The summed E-state index contributed by atoms with van der Waals surface area (Å²) in [5.41, 5.74) is 5.38. The van der Waals surface area contributed by atoms with Crippen molar-refractivity contribution in [3.05, 3.63) is 107 Å². The summed E-state index contributed by atoms with van der Waals surface area (Å²) in [5.74, 6) is -0.539. The van der Waals surface area contributed by atoms with Gasteiger partial charge in [0, 0.05) is 46.9 Å². The lowest BCUT2D eigenvalue weighted by Gasteiger charge is -2.39. The number of thiophene rings is 2. The number of carbonyl (C=O) groups excluding carboxylic acids is 1. The summed E-state index contributed by atoms with van der Waals surface area (Å²) < 4.78 is 15.3. The summed E-state index contributed by atoms with van der Waals surface area (Å²) in [6, 6.07) is 17.0. The van der Waals surface area contributed by atoms with Gasteiger partial charge in [0.05, 0.1) is 26.9 Å². The topological polar surface area (TPSA) is 155 Å². The molecule has 0 radical (unpaired) electrons. The van der Waals surface area contributed by atoms with E-state index in [1.54, 1.807) is 12.1 Å². The van der Waals surface area contributed by atoms with Gasteiger partial charge in [-0.2, -0.15) is 0 Å². The number of pyridine rings is 1. The van der Waals surface area contributed by atoms with Crippen molar-refractivity contribution in [1.29, 1.82) is 0 Å². The van der Waals surface area contributed by atoms with Crippen molar-refractivity contribution in [2.24, 2.45) is 0 Å². The molecule has 4 aromatic heterocycles. The number of hydrogen-bond donors (Lipinski definition) is 4. The van der Waals surface area contributed by atoms with Crippen LogP contribution in [-0.4, -0.2) is 81.7 Å². The quantitative estimate of drug-likeness (QED) is 0.0546. The molecule has 4 heterocycles. The molecule has 12 nitrogen and oxygen atoms in total. The zero-order chi connectivity index (χ0) is 45.6. The standard InChI is InChI=1S/C49H64N6O6S2Si/c1-30-13-22-42(62-30)49(59,43-23-14-31(2)63-43)47(58)60-34-17-15-33(16-18-34)54(6)25-10-26-55-46-38-12-9-11-35(38)32(27-39(46)52-53-55)28-50-29-41(61-64(7,8)48(3,4)5)36-19-21-40(56)45-37(36)20-24-44(57)51-45/h13-14,19-24,27,33-34,41,50,56,59H,9-12,15-18,25-26,28-29H2,1-8H3,(H,51,57)/t33-,34-,41?. The van der Waals surface area contributed by atoms with Gasteiger partial charge in [0.2, 0.25) is 11.2 Å². The Morgan fingerprint density at radius 3 is 2.34 bits per heavy atom. The molecule has 2 aliphatic carbocycles. The number of esters is 1. The summed E-state index contributed by atoms with van der Waals surface area (Å²) >= 11 is 2.87. The van der Waals surface area contributed by atoms with Crippen LogP contribution in [0.15, 0.2) is 59.4 Å². The summed E-state index contributed by atoms with van der Waals surface area (Å²) in [5, 5.41) is 36.4. The largest absolute Gasteiger partial charge is 0.506 e. The first-order valence-electron chi connectivity index (χ1n) is 22.8. The monoisotopic (exact) mass is 924 g/mol. The fraction of sp³-hybridized carbons (Fsp3) is 0.510. The molecule has 0 bridgehead atoms. The van der Waals surface area contributed by atoms with E-state index in [4.69, 9.17) is 14.3 Å². The van der Waals surface area contributed by atoms with Crippen LogP contribution in [0.3, 0.4) is 0 Å². The highest BCUT2D eigenvalue weighted by molar-refractivity contribution is 7.14. The molecule has 2 aromatic carbocycles. The minimum atomic E-state index is -2.23. The number of ether oxygens (including phenoxy) is 1. The number of aromatic hydroxyl groups is 1. The van der Waals surface area contributed by atoms with Gasteiger partial charge in [0.25, 0.3) is 0 Å². The van der Waals surface area contributed by atoms with E-state index in [0.717, 1.165) is 96.2 Å². The first kappa shape index (κ1) is 46.3. The minimum Gasteiger partial charge on any atom is -0.506 e. The lowest BCUT2D eigenvalue weighted by molar-refractivity contribution is -0.169. The molecule has 342 valence electrons. The van der Waals surface area contributed by atoms with Crippen LogP contribution in [0.1, 0.15) is 107 Å². The third kappa shape index (κ3) is 9.40. The van der Waals surface area contributed by atoms with Crippen molar-refractivity contribution in [3.8, 4) is 5.75 Å². The van der Waals surface area contributed by atoms with Crippen LogP contribution in [0, 0.1) is 13.8 Å². The van der Waals surface area contributed by atoms with E-state index in [1.807, 2.05) is 44.2 Å². The number of phenols is 1. The number of H-pyrrole nitrogens is 1. The van der Waals surface area contributed by atoms with Crippen molar-refractivity contribution >= 4 is 58.9 Å². The van der Waals surface area contributed by atoms with Crippen LogP contribution in [0.5, 0.6) is 5.75 Å². The first-order valence-corrected chi connectivity index (χ1v) is 27.3. The number of aliphatic hydroxyl groups is 1. The maximum atomic E-state index is 13.7. The van der Waals surface area contributed by atoms with Crippen molar-refractivity contribution in [3.63, 3.8) is 0 Å². The van der Waals surface area contributed by atoms with Gasteiger partial charge in [-0.25, -0.2) is 9.48 Å². The maximum Gasteiger partial charge on any atom is 0.349 e. The highest BCUT2D eigenvalue weighted by Gasteiger charge is 2.46. The molecule has 1 saturated carbocycles. The Kier molecular flexibility index (Phi) is 13.4. The smallest absolute Gasteiger partial charge is 0.349 e. The average Bonchev–Trinajstić information content (AvgIpc) is 4.08. The number of phenolic OH excluding ortho intramolecular Hbond substituents is 1. The van der Waals surface area contributed by atoms with Crippen LogP contribution >= 0.6 is 22.7 Å². The number of carbonyl (C=O) groups is 1. The summed E-state index contributed by atoms with van der Waals surface area (Å²) in [6.07, 6.45) is 6.92. The predicted octanol–water partition coefficient (Wildman–Crippen LogP) is 9.17. The van der Waals surface area contributed by atoms with Gasteiger partial charge >= 0.3 is 5.97 Å². The van der Waals surface area contributed by atoms with Crippen molar-refractivity contribution in [1.82, 2.24) is 30.2 Å². The number of benzene rings is 2. The molecule has 0 amide bonds. The second kappa shape index (κ2) is 18.6. The van der Waals surface area contributed by atoms with Crippen LogP contribution in [0.25, 0.3) is 21.9 Å². The van der Waals surface area contributed by atoms with Crippen LogP contribution < -0.4 is 10.9 Å². The minimum absolute atomic E-state index is 0.0128. The zero-order valence-electron chi connectivity index (χ0n) is 38.5. The van der Waals surface area contributed by atoms with Crippen molar-refractivity contribution < 1.29 is 24.2 Å². The van der Waals surface area contributed by atoms with E-state index in [-0.39, 0.29) is 28.6 Å². The molecule has 1 fully saturated rings. The number of aryl methyl sites for hydroxylation is 4. The molecule has 15 heteroatoms. The molecular weight excluding hydrogens is 861 g/mol. The Morgan fingerprint density at radius 1 is 1.00 bits per heavy atom. The highest BCUT2D eigenvalue weighted by atomic mass is 32.1. The molecule has 1 atom stereocenters. The predicted molar refractivity (Wildman–Crippen MR) is 259 cm³/mol. The van der Waals surface area contributed by atoms with E-state index >= 15 is 0 Å². The van der Waals surface area contributed by atoms with Gasteiger partial charge in [0.15, 0.2) is 8.32 Å². The third-order valence-electron chi connectivity index (χ3n) is 14.0. The second-order valence-corrected chi connectivity index (χ2v) is 26.8. The molecule has 1 unspecified atom stereocenters. The Labute approximate surface area is 385 Å². The van der Waals surface area contributed by atoms with Crippen molar-refractivity contribution in [2.75, 3.05) is 20.1 Å². The number of aromatic amines is 1. The SMILES string of the molecule is Cc1ccc(C(O)(C(=O)O[C@H]2CC[C@H](N(C)CCCn3nnc4cc(CNCC(O[Si](C)(C)C(C)(C)C)c5ccc(O)c6[nH]c(=O)ccc56)c5c(c43)CCC5)CC2)c2ccc(C)s2)s1. The van der Waals surface area contributed by atoms with Gasteiger partial charge in [-0.3, -0.25) is 4.79 Å². The average molecular weight is 925 g/mol. The van der Waals surface area contributed by atoms with Crippen molar-refractivity contribution in [2.45, 2.75) is 141 Å². The molecule has 0 saturated heterocycles. The van der Waals surface area contributed by atoms with E-state index < -0.39 is 19.9 Å². The first-order chi connectivity index (χ1) is 30.4. The second-order valence-electron chi connectivity index (χ2n) is 19.5. The number of rotatable bonds is 16. The molecule has 8 rings (SSSR count). The fourth-order valence-corrected chi connectivity index (χ4v) is 12.6. The number of aromatic nitrogens is 4. The van der Waals surface area contributed by atoms with Gasteiger partial charge in [-0.15, -0.1) is 27.8 Å². The molecule has 2 aliphatic rings. The molecule has 0 spiro atoms. The normalized spacial score (nSPS) is 17.7. The molecule has 64 heavy (non-hydrogen) atoms. The number of nitrogens with one attached hydrogen (secondary N) is 2. The zero-order valence-corrected chi connectivity index (χ0v) is 41.2. The Morgan fingerprint density at radius 2 is 1.69 bits per heavy atom. The summed E-state index contributed by atoms with van der Waals surface area (Å²) in [7, 11) is -0.0338. The van der Waals surface area contributed by atoms with Gasteiger partial charge < -0.3 is 34.6 Å². The van der Waals surface area contributed by atoms with Crippen LogP contribution in [0.4, 0.5) is 0 Å². The van der Waals surface area contributed by atoms with E-state index in [2.05, 4.69) is 72.1 Å². The van der Waals surface area contributed by atoms with Gasteiger partial charge in [0.1, 0.15) is 17.4 Å². The van der Waals surface area contributed by atoms with Crippen LogP contribution in [0.2, 0.25) is 18.1 Å². The number of nitrogens with zero attached hydrogens (tertiary/aromatic N) is 4. The molecular formula is C49H64N6O6S2Si. The molecule has 6 aromatic rings. The Balaban J connectivity index is 0.884. The van der Waals surface area contributed by atoms with Crippen LogP contribution in [-0.2, 0) is 45.5 Å². The maximum absolute atomic E-state index is 13.7. The van der Waals surface area contributed by atoms with E-state index in [0.29, 0.717) is 34.4 Å². The highest BCUT2D eigenvalue weighted by Crippen LogP contribution is 2.43. The lowest BCUT2D eigenvalue weighted by atomic mass is 9.91. The third-order valence-corrected chi connectivity index (χ3v) is 20.7. The van der Waals surface area contributed by atoms with E-state index in [1.165, 1.54) is 45.4 Å². The lowest BCUT2D eigenvalue weighted by Crippen LogP contribution is -2.43. The summed E-state index contributed by atoms with van der Waals surface area (Å²) in [6.45, 7) is 18.1. The summed E-state index contributed by atoms with van der Waals surface area (Å²) in [4.78, 5) is 34.5. The van der Waals surface area contributed by atoms with E-state index in [9.17, 15) is 19.8 Å². The molecule has 4 N–H and O–H groups in total. The Bertz CT molecular complexity index is 2650. The number of hydrogen-bond acceptors (Lipinski definition) is 12. The molecule has 0 aliphatic heterocycles. The van der Waals surface area contributed by atoms with Gasteiger partial charge in [-0.1, -0.05) is 32.1 Å².